The van der Waals surface area contributed by atoms with E-state index in [2.05, 4.69) is 15.9 Å². The number of nitrogens with zero attached hydrogens (tertiary/aromatic N) is 1. The molecule has 0 aliphatic carbocycles. The maximum absolute atomic E-state index is 12.4. The lowest BCUT2D eigenvalue weighted by molar-refractivity contribution is -0.385. The van der Waals surface area contributed by atoms with Crippen molar-refractivity contribution < 1.29 is 18.5 Å². The maximum Gasteiger partial charge on any atom is 0.361 e. The summed E-state index contributed by atoms with van der Waals surface area (Å²) in [7, 11) is -3.48. The summed E-state index contributed by atoms with van der Waals surface area (Å²) in [4.78, 5) is 10.3. The highest BCUT2D eigenvalue weighted by Crippen LogP contribution is 2.47. The standard InChI is InChI=1S/C10H13BrNO5P/c1-3-16-18(15,17-4-2)8-5-6-9(11)10(7-8)12(13)14/h5-7H,3-4H2,1-2H3. The normalized spacial score (nSPS) is 11.5. The topological polar surface area (TPSA) is 78.7 Å². The zero-order chi connectivity index (χ0) is 13.8. The summed E-state index contributed by atoms with van der Waals surface area (Å²) >= 11 is 3.06. The van der Waals surface area contributed by atoms with Crippen molar-refractivity contribution in [2.75, 3.05) is 13.2 Å². The van der Waals surface area contributed by atoms with Gasteiger partial charge in [0, 0.05) is 6.07 Å². The van der Waals surface area contributed by atoms with Crippen LogP contribution in [0.15, 0.2) is 22.7 Å². The van der Waals surface area contributed by atoms with Crippen LogP contribution in [-0.2, 0) is 13.6 Å². The summed E-state index contributed by atoms with van der Waals surface area (Å²) in [6, 6.07) is 4.15. The largest absolute Gasteiger partial charge is 0.361 e. The highest BCUT2D eigenvalue weighted by molar-refractivity contribution is 9.10. The van der Waals surface area contributed by atoms with Crippen LogP contribution in [0.5, 0.6) is 0 Å². The lowest BCUT2D eigenvalue weighted by atomic mass is 10.3. The average Bonchev–Trinajstić information content (AvgIpc) is 2.29. The molecule has 1 aromatic rings. The molecule has 0 fully saturated rings. The summed E-state index contributed by atoms with van der Waals surface area (Å²) in [5, 5.41) is 11.0. The third kappa shape index (κ3) is 3.38. The van der Waals surface area contributed by atoms with Gasteiger partial charge in [-0.15, -0.1) is 0 Å². The van der Waals surface area contributed by atoms with Gasteiger partial charge in [-0.3, -0.25) is 14.7 Å². The van der Waals surface area contributed by atoms with Crippen molar-refractivity contribution in [2.24, 2.45) is 0 Å². The molecule has 0 unspecified atom stereocenters. The number of hydrogen-bond donors (Lipinski definition) is 0. The Kier molecular flexibility index (Phi) is 5.47. The third-order valence-corrected chi connectivity index (χ3v) is 4.82. The molecule has 6 nitrogen and oxygen atoms in total. The molecule has 100 valence electrons. The van der Waals surface area contributed by atoms with Crippen molar-refractivity contribution in [2.45, 2.75) is 13.8 Å². The predicted octanol–water partition coefficient (Wildman–Crippen LogP) is 3.25. The van der Waals surface area contributed by atoms with Crippen molar-refractivity contribution in [3.05, 3.63) is 32.8 Å². The lowest BCUT2D eigenvalue weighted by Gasteiger charge is -2.16. The van der Waals surface area contributed by atoms with Crippen LogP contribution in [0.3, 0.4) is 0 Å². The van der Waals surface area contributed by atoms with E-state index < -0.39 is 12.5 Å². The summed E-state index contributed by atoms with van der Waals surface area (Å²) in [5.74, 6) is 0. The molecule has 8 heteroatoms. The Morgan fingerprint density at radius 1 is 1.33 bits per heavy atom. The first kappa shape index (κ1) is 15.3. The molecule has 1 aromatic carbocycles. The van der Waals surface area contributed by atoms with Gasteiger partial charge in [0.2, 0.25) is 0 Å². The van der Waals surface area contributed by atoms with Gasteiger partial charge in [0.25, 0.3) is 5.69 Å². The van der Waals surface area contributed by atoms with Crippen LogP contribution in [0.4, 0.5) is 5.69 Å². The zero-order valence-electron chi connectivity index (χ0n) is 9.96. The molecule has 0 aliphatic heterocycles. The Bertz CT molecular complexity index is 483. The number of benzene rings is 1. The number of nitro benzene ring substituents is 1. The SMILES string of the molecule is CCOP(=O)(OCC)c1ccc(Br)c([N+](=O)[O-])c1. The van der Waals surface area contributed by atoms with Crippen LogP contribution >= 0.6 is 23.5 Å². The van der Waals surface area contributed by atoms with Crippen LogP contribution in [0.25, 0.3) is 0 Å². The number of rotatable bonds is 6. The van der Waals surface area contributed by atoms with Gasteiger partial charge in [-0.2, -0.15) is 0 Å². The Hall–Kier alpha value is -0.750. The van der Waals surface area contributed by atoms with E-state index in [1.54, 1.807) is 13.8 Å². The van der Waals surface area contributed by atoms with Crippen molar-refractivity contribution >= 4 is 34.5 Å². The summed E-state index contributed by atoms with van der Waals surface area (Å²) in [6.45, 7) is 3.75. The van der Waals surface area contributed by atoms with Crippen molar-refractivity contribution in [3.8, 4) is 0 Å². The van der Waals surface area contributed by atoms with Crippen molar-refractivity contribution in [3.63, 3.8) is 0 Å². The smallest absolute Gasteiger partial charge is 0.305 e. The fourth-order valence-electron chi connectivity index (χ4n) is 1.34. The molecule has 0 atom stereocenters. The van der Waals surface area contributed by atoms with Crippen LogP contribution < -0.4 is 5.30 Å². The minimum Gasteiger partial charge on any atom is -0.305 e. The van der Waals surface area contributed by atoms with E-state index in [0.717, 1.165) is 0 Å². The lowest BCUT2D eigenvalue weighted by Crippen LogP contribution is -2.11. The molecular weight excluding hydrogens is 325 g/mol. The van der Waals surface area contributed by atoms with E-state index >= 15 is 0 Å². The molecule has 0 saturated heterocycles. The van der Waals surface area contributed by atoms with Crippen molar-refractivity contribution in [1.29, 1.82) is 0 Å². The molecule has 1 rings (SSSR count). The van der Waals surface area contributed by atoms with E-state index in [4.69, 9.17) is 9.05 Å². The second-order valence-electron chi connectivity index (χ2n) is 3.23. The molecule has 0 aliphatic rings. The van der Waals surface area contributed by atoms with Crippen molar-refractivity contribution in [1.82, 2.24) is 0 Å². The number of nitro groups is 1. The average molecular weight is 338 g/mol. The number of hydrogen-bond acceptors (Lipinski definition) is 5. The Balaban J connectivity index is 3.25. The molecule has 18 heavy (non-hydrogen) atoms. The molecular formula is C10H13BrNO5P. The van der Waals surface area contributed by atoms with Gasteiger partial charge in [0.05, 0.1) is 27.9 Å². The molecule has 0 bridgehead atoms. The summed E-state index contributed by atoms with van der Waals surface area (Å²) in [6.07, 6.45) is 0. The van der Waals surface area contributed by atoms with Gasteiger partial charge in [-0.05, 0) is 41.9 Å². The van der Waals surface area contributed by atoms with Gasteiger partial charge in [0.1, 0.15) is 0 Å². The first-order valence-electron chi connectivity index (χ1n) is 5.28. The van der Waals surface area contributed by atoms with Gasteiger partial charge in [-0.25, -0.2) is 0 Å². The van der Waals surface area contributed by atoms with Gasteiger partial charge in [-0.1, -0.05) is 0 Å². The van der Waals surface area contributed by atoms with Crippen LogP contribution in [-0.4, -0.2) is 18.1 Å². The second-order valence-corrected chi connectivity index (χ2v) is 6.11. The number of halogens is 1. The monoisotopic (exact) mass is 337 g/mol. The predicted molar refractivity (Wildman–Crippen MR) is 71.3 cm³/mol. The molecule has 0 spiro atoms. The van der Waals surface area contributed by atoms with E-state index in [0.29, 0.717) is 4.47 Å². The quantitative estimate of drug-likeness (QED) is 0.452. The van der Waals surface area contributed by atoms with Gasteiger partial charge >= 0.3 is 7.60 Å². The van der Waals surface area contributed by atoms with Gasteiger partial charge < -0.3 is 9.05 Å². The highest BCUT2D eigenvalue weighted by Gasteiger charge is 2.29. The second kappa shape index (κ2) is 6.43. The molecule has 0 radical (unpaired) electrons. The third-order valence-electron chi connectivity index (χ3n) is 2.04. The van der Waals surface area contributed by atoms with E-state index in [1.165, 1.54) is 18.2 Å². The fraction of sp³-hybridized carbons (Fsp3) is 0.400. The van der Waals surface area contributed by atoms with Crippen LogP contribution in [0, 0.1) is 10.1 Å². The fourth-order valence-corrected chi connectivity index (χ4v) is 3.32. The maximum atomic E-state index is 12.4. The van der Waals surface area contributed by atoms with E-state index in [1.807, 2.05) is 0 Å². The molecule has 0 amide bonds. The first-order valence-corrected chi connectivity index (χ1v) is 7.61. The Morgan fingerprint density at radius 2 is 1.89 bits per heavy atom. The molecule has 0 heterocycles. The first-order chi connectivity index (χ1) is 8.44. The minimum atomic E-state index is -3.48. The van der Waals surface area contributed by atoms with Crippen LogP contribution in [0.1, 0.15) is 13.8 Å². The summed E-state index contributed by atoms with van der Waals surface area (Å²) < 4.78 is 23.0. The van der Waals surface area contributed by atoms with E-state index in [-0.39, 0.29) is 24.2 Å². The molecule has 0 aromatic heterocycles. The highest BCUT2D eigenvalue weighted by atomic mass is 79.9. The van der Waals surface area contributed by atoms with Gasteiger partial charge in [0.15, 0.2) is 0 Å². The minimum absolute atomic E-state index is 0.174. The zero-order valence-corrected chi connectivity index (χ0v) is 12.4. The Labute approximate surface area is 113 Å². The van der Waals surface area contributed by atoms with E-state index in [9.17, 15) is 14.7 Å². The molecule has 0 saturated carbocycles. The summed E-state index contributed by atoms with van der Waals surface area (Å²) in [5.41, 5.74) is -0.174. The van der Waals surface area contributed by atoms with Crippen LogP contribution in [0.2, 0.25) is 0 Å². The molecule has 0 N–H and O–H groups in total. The Morgan fingerprint density at radius 3 is 2.33 bits per heavy atom.